The van der Waals surface area contributed by atoms with E-state index < -0.39 is 0 Å². The highest BCUT2D eigenvalue weighted by atomic mass is 32.1. The molecule has 0 spiro atoms. The number of nitrogens with one attached hydrogen (secondary N) is 1. The number of benzene rings is 1. The second-order valence-corrected chi connectivity index (χ2v) is 6.16. The van der Waals surface area contributed by atoms with Crippen LogP contribution in [0.2, 0.25) is 0 Å². The van der Waals surface area contributed by atoms with Gasteiger partial charge in [-0.15, -0.1) is 0 Å². The molecule has 21 heavy (non-hydrogen) atoms. The molecule has 0 aliphatic carbocycles. The lowest BCUT2D eigenvalue weighted by atomic mass is 10.1. The van der Waals surface area contributed by atoms with Crippen molar-refractivity contribution in [3.63, 3.8) is 0 Å². The van der Waals surface area contributed by atoms with Crippen molar-refractivity contribution in [3.8, 4) is 11.3 Å². The predicted octanol–water partition coefficient (Wildman–Crippen LogP) is 4.16. The number of unbranched alkanes of at least 4 members (excludes halogenated alkanes) is 1. The molecule has 0 fully saturated rings. The highest BCUT2D eigenvalue weighted by Crippen LogP contribution is 2.33. The molecule has 0 saturated heterocycles. The lowest BCUT2D eigenvalue weighted by molar-refractivity contribution is 0.730. The maximum Gasteiger partial charge on any atom is 0.186 e. The van der Waals surface area contributed by atoms with E-state index >= 15 is 0 Å². The average molecular weight is 303 g/mol. The molecule has 1 aromatic carbocycles. The van der Waals surface area contributed by atoms with E-state index in [2.05, 4.69) is 48.3 Å². The van der Waals surface area contributed by atoms with Gasteiger partial charge in [-0.25, -0.2) is 4.98 Å². The van der Waals surface area contributed by atoms with Crippen molar-refractivity contribution in [3.05, 3.63) is 35.2 Å². The van der Waals surface area contributed by atoms with Gasteiger partial charge in [0.05, 0.1) is 5.69 Å². The summed E-state index contributed by atoms with van der Waals surface area (Å²) in [6.07, 6.45) is 2.44. The average Bonchev–Trinajstić information content (AvgIpc) is 2.93. The third kappa shape index (κ3) is 4.05. The molecule has 1 aromatic heterocycles. The summed E-state index contributed by atoms with van der Waals surface area (Å²) in [5.41, 5.74) is 2.33. The van der Waals surface area contributed by atoms with Crippen LogP contribution in [0.15, 0.2) is 30.3 Å². The zero-order valence-electron chi connectivity index (χ0n) is 13.2. The molecule has 2 rings (SSSR count). The fourth-order valence-corrected chi connectivity index (χ4v) is 3.50. The third-order valence-electron chi connectivity index (χ3n) is 3.50. The van der Waals surface area contributed by atoms with Crippen LogP contribution in [0.25, 0.3) is 11.3 Å². The Hall–Kier alpha value is -1.39. The van der Waals surface area contributed by atoms with Gasteiger partial charge in [0.2, 0.25) is 0 Å². The van der Waals surface area contributed by atoms with Crippen molar-refractivity contribution in [1.29, 1.82) is 0 Å². The number of rotatable bonds is 8. The fourth-order valence-electron chi connectivity index (χ4n) is 2.31. The van der Waals surface area contributed by atoms with Gasteiger partial charge in [0, 0.05) is 30.1 Å². The minimum atomic E-state index is 0.868. The second-order valence-electron chi connectivity index (χ2n) is 5.10. The summed E-state index contributed by atoms with van der Waals surface area (Å²) in [6, 6.07) is 10.5. The monoisotopic (exact) mass is 303 g/mol. The molecule has 0 amide bonds. The molecule has 4 heteroatoms. The summed E-state index contributed by atoms with van der Waals surface area (Å²) in [5.74, 6) is 0. The first-order valence-electron chi connectivity index (χ1n) is 7.74. The van der Waals surface area contributed by atoms with Crippen LogP contribution in [-0.4, -0.2) is 25.1 Å². The Morgan fingerprint density at radius 2 is 1.95 bits per heavy atom. The molecule has 114 valence electrons. The lowest BCUT2D eigenvalue weighted by Crippen LogP contribution is -2.23. The highest BCUT2D eigenvalue weighted by molar-refractivity contribution is 7.16. The van der Waals surface area contributed by atoms with Crippen LogP contribution in [0.1, 0.15) is 31.6 Å². The summed E-state index contributed by atoms with van der Waals surface area (Å²) in [4.78, 5) is 8.63. The van der Waals surface area contributed by atoms with Crippen molar-refractivity contribution in [2.75, 3.05) is 25.0 Å². The minimum absolute atomic E-state index is 0.868. The van der Waals surface area contributed by atoms with Crippen molar-refractivity contribution in [2.24, 2.45) is 0 Å². The minimum Gasteiger partial charge on any atom is -0.348 e. The van der Waals surface area contributed by atoms with E-state index in [-0.39, 0.29) is 0 Å². The zero-order chi connectivity index (χ0) is 15.1. The molecule has 3 nitrogen and oxygen atoms in total. The van der Waals surface area contributed by atoms with E-state index in [4.69, 9.17) is 4.98 Å². The van der Waals surface area contributed by atoms with E-state index in [1.165, 1.54) is 23.3 Å². The molecule has 2 aromatic rings. The Labute approximate surface area is 132 Å². The number of anilines is 1. The fraction of sp³-hybridized carbons (Fsp3) is 0.471. The number of hydrogen-bond donors (Lipinski definition) is 1. The van der Waals surface area contributed by atoms with Gasteiger partial charge in [0.25, 0.3) is 0 Å². The van der Waals surface area contributed by atoms with Gasteiger partial charge in [-0.2, -0.15) is 0 Å². The van der Waals surface area contributed by atoms with Gasteiger partial charge in [0.1, 0.15) is 0 Å². The molecule has 0 atom stereocenters. The summed E-state index contributed by atoms with van der Waals surface area (Å²) in [7, 11) is 1.99. The summed E-state index contributed by atoms with van der Waals surface area (Å²) < 4.78 is 0. The Morgan fingerprint density at radius 1 is 1.19 bits per heavy atom. The maximum atomic E-state index is 4.93. The van der Waals surface area contributed by atoms with Crippen LogP contribution >= 0.6 is 11.3 Å². The van der Waals surface area contributed by atoms with Crippen LogP contribution in [0.5, 0.6) is 0 Å². The zero-order valence-corrected chi connectivity index (χ0v) is 14.0. The molecule has 0 aliphatic rings. The summed E-state index contributed by atoms with van der Waals surface area (Å²) in [5, 5.41) is 4.41. The van der Waals surface area contributed by atoms with Crippen LogP contribution < -0.4 is 10.2 Å². The number of hydrogen-bond acceptors (Lipinski definition) is 4. The smallest absolute Gasteiger partial charge is 0.186 e. The molecular weight excluding hydrogens is 278 g/mol. The van der Waals surface area contributed by atoms with Gasteiger partial charge in [-0.1, -0.05) is 55.0 Å². The first kappa shape index (κ1) is 16.0. The van der Waals surface area contributed by atoms with Gasteiger partial charge in [-0.05, 0) is 20.4 Å². The van der Waals surface area contributed by atoms with Crippen molar-refractivity contribution < 1.29 is 0 Å². The van der Waals surface area contributed by atoms with Crippen molar-refractivity contribution >= 4 is 16.5 Å². The normalized spacial score (nSPS) is 10.8. The molecule has 1 N–H and O–H groups in total. The van der Waals surface area contributed by atoms with Gasteiger partial charge >= 0.3 is 0 Å². The Balaban J connectivity index is 2.32. The van der Waals surface area contributed by atoms with E-state index in [1.807, 2.05) is 24.5 Å². The van der Waals surface area contributed by atoms with Crippen LogP contribution in [-0.2, 0) is 6.54 Å². The number of nitrogens with zero attached hydrogens (tertiary/aromatic N) is 2. The second kappa shape index (κ2) is 8.15. The molecule has 1 heterocycles. The largest absolute Gasteiger partial charge is 0.348 e. The van der Waals surface area contributed by atoms with Crippen LogP contribution in [0.3, 0.4) is 0 Å². The van der Waals surface area contributed by atoms with E-state index in [0.29, 0.717) is 0 Å². The predicted molar refractivity (Wildman–Crippen MR) is 93.1 cm³/mol. The number of thiazole rings is 1. The topological polar surface area (TPSA) is 28.2 Å². The van der Waals surface area contributed by atoms with E-state index in [0.717, 1.165) is 30.5 Å². The maximum absolute atomic E-state index is 4.93. The van der Waals surface area contributed by atoms with Crippen molar-refractivity contribution in [2.45, 2.75) is 33.2 Å². The third-order valence-corrected chi connectivity index (χ3v) is 4.62. The molecule has 0 unspecified atom stereocenters. The Bertz CT molecular complexity index is 536. The quantitative estimate of drug-likeness (QED) is 0.794. The van der Waals surface area contributed by atoms with Gasteiger partial charge in [-0.3, -0.25) is 0 Å². The summed E-state index contributed by atoms with van der Waals surface area (Å²) in [6.45, 7) is 7.41. The SMILES string of the molecule is CCCCN(CC)c1nc(-c2ccccc2)c(CNC)s1. The lowest BCUT2D eigenvalue weighted by Gasteiger charge is -2.19. The molecule has 0 aliphatic heterocycles. The standard InChI is InChI=1S/C17H25N3S/c1-4-6-12-20(5-2)17-19-16(15(21-17)13-18-3)14-10-8-7-9-11-14/h7-11,18H,4-6,12-13H2,1-3H3. The number of aromatic nitrogens is 1. The first-order valence-corrected chi connectivity index (χ1v) is 8.56. The summed E-state index contributed by atoms with van der Waals surface area (Å²) >= 11 is 1.81. The van der Waals surface area contributed by atoms with E-state index in [1.54, 1.807) is 0 Å². The van der Waals surface area contributed by atoms with Crippen molar-refractivity contribution in [1.82, 2.24) is 10.3 Å². The Kier molecular flexibility index (Phi) is 6.21. The van der Waals surface area contributed by atoms with Crippen LogP contribution in [0, 0.1) is 0 Å². The van der Waals surface area contributed by atoms with Gasteiger partial charge < -0.3 is 10.2 Å². The first-order chi connectivity index (χ1) is 10.3. The Morgan fingerprint density at radius 3 is 2.57 bits per heavy atom. The molecular formula is C17H25N3S. The molecule has 0 bridgehead atoms. The highest BCUT2D eigenvalue weighted by Gasteiger charge is 2.16. The van der Waals surface area contributed by atoms with E-state index in [9.17, 15) is 0 Å². The van der Waals surface area contributed by atoms with Crippen LogP contribution in [0.4, 0.5) is 5.13 Å². The van der Waals surface area contributed by atoms with Gasteiger partial charge in [0.15, 0.2) is 5.13 Å². The molecule has 0 radical (unpaired) electrons. The molecule has 0 saturated carbocycles.